The fourth-order valence-electron chi connectivity index (χ4n) is 2.33. The van der Waals surface area contributed by atoms with Crippen molar-refractivity contribution in [3.63, 3.8) is 0 Å². The number of fused-ring (bicyclic) bond motifs is 1. The van der Waals surface area contributed by atoms with Crippen molar-refractivity contribution < 1.29 is 14.7 Å². The zero-order valence-electron chi connectivity index (χ0n) is 11.8. The Morgan fingerprint density at radius 1 is 0.955 bits per heavy atom. The molecule has 0 aliphatic carbocycles. The van der Waals surface area contributed by atoms with Gasteiger partial charge in [0.15, 0.2) is 11.6 Å². The van der Waals surface area contributed by atoms with E-state index in [0.717, 1.165) is 15.6 Å². The molecule has 3 rings (SSSR count). The van der Waals surface area contributed by atoms with Gasteiger partial charge in [0, 0.05) is 16.7 Å². The van der Waals surface area contributed by atoms with Crippen molar-refractivity contribution in [2.75, 3.05) is 6.61 Å². The van der Waals surface area contributed by atoms with Gasteiger partial charge in [-0.15, -0.1) is 11.3 Å². The summed E-state index contributed by atoms with van der Waals surface area (Å²) in [6.07, 6.45) is 0.332. The van der Waals surface area contributed by atoms with Gasteiger partial charge in [-0.1, -0.05) is 36.4 Å². The second-order valence-corrected chi connectivity index (χ2v) is 6.11. The van der Waals surface area contributed by atoms with Crippen LogP contribution in [0, 0.1) is 0 Å². The van der Waals surface area contributed by atoms with Crippen LogP contribution in [0.5, 0.6) is 0 Å². The number of aliphatic hydroxyl groups is 1. The average molecular weight is 310 g/mol. The summed E-state index contributed by atoms with van der Waals surface area (Å²) in [6.45, 7) is -0.480. The molecule has 22 heavy (non-hydrogen) atoms. The molecule has 0 radical (unpaired) electrons. The maximum Gasteiger partial charge on any atom is 0.198 e. The van der Waals surface area contributed by atoms with Gasteiger partial charge < -0.3 is 5.11 Å². The van der Waals surface area contributed by atoms with Gasteiger partial charge in [0.05, 0.1) is 4.88 Å². The van der Waals surface area contributed by atoms with Crippen molar-refractivity contribution in [2.45, 2.75) is 6.42 Å². The van der Waals surface area contributed by atoms with Gasteiger partial charge in [-0.25, -0.2) is 0 Å². The minimum absolute atomic E-state index is 0.0711. The lowest BCUT2D eigenvalue weighted by Crippen LogP contribution is -2.02. The van der Waals surface area contributed by atoms with Gasteiger partial charge in [0.1, 0.15) is 6.61 Å². The van der Waals surface area contributed by atoms with E-state index in [1.54, 1.807) is 6.07 Å². The maximum atomic E-state index is 12.2. The van der Waals surface area contributed by atoms with Crippen LogP contribution in [0.4, 0.5) is 0 Å². The molecule has 0 aliphatic rings. The number of hydrogen-bond acceptors (Lipinski definition) is 4. The average Bonchev–Trinajstić information content (AvgIpc) is 2.98. The van der Waals surface area contributed by atoms with Crippen LogP contribution < -0.4 is 0 Å². The quantitative estimate of drug-likeness (QED) is 0.734. The third kappa shape index (κ3) is 2.98. The van der Waals surface area contributed by atoms with Crippen molar-refractivity contribution >= 4 is 33.0 Å². The third-order valence-corrected chi connectivity index (χ3v) is 4.62. The molecule has 0 bridgehead atoms. The molecule has 0 aliphatic heterocycles. The highest BCUT2D eigenvalue weighted by Crippen LogP contribution is 2.27. The van der Waals surface area contributed by atoms with E-state index in [-0.39, 0.29) is 11.6 Å². The molecule has 110 valence electrons. The predicted molar refractivity (Wildman–Crippen MR) is 87.7 cm³/mol. The van der Waals surface area contributed by atoms with E-state index < -0.39 is 6.61 Å². The normalized spacial score (nSPS) is 10.8. The fraction of sp³-hybridized carbons (Fsp3) is 0.111. The minimum Gasteiger partial charge on any atom is -0.388 e. The largest absolute Gasteiger partial charge is 0.388 e. The number of thiophene rings is 1. The number of rotatable bonds is 5. The number of aliphatic hydroxyl groups excluding tert-OH is 1. The zero-order chi connectivity index (χ0) is 15.5. The molecule has 1 N–H and O–H groups in total. The molecule has 3 nitrogen and oxygen atoms in total. The molecule has 0 unspecified atom stereocenters. The van der Waals surface area contributed by atoms with E-state index in [4.69, 9.17) is 5.11 Å². The number of carbonyl (C=O) groups excluding carboxylic acids is 2. The lowest BCUT2D eigenvalue weighted by molar-refractivity contribution is 0.0907. The Morgan fingerprint density at radius 2 is 1.73 bits per heavy atom. The van der Waals surface area contributed by atoms with Crippen LogP contribution in [0.25, 0.3) is 10.1 Å². The first kappa shape index (κ1) is 14.6. The van der Waals surface area contributed by atoms with Crippen molar-refractivity contribution in [3.8, 4) is 0 Å². The number of hydrogen-bond donors (Lipinski definition) is 1. The highest BCUT2D eigenvalue weighted by Gasteiger charge is 2.11. The van der Waals surface area contributed by atoms with Gasteiger partial charge in [-0.05, 0) is 29.1 Å². The van der Waals surface area contributed by atoms with E-state index >= 15 is 0 Å². The Hall–Kier alpha value is -2.30. The zero-order valence-corrected chi connectivity index (χ0v) is 12.6. The van der Waals surface area contributed by atoms with E-state index in [1.807, 2.05) is 48.5 Å². The van der Waals surface area contributed by atoms with Gasteiger partial charge >= 0.3 is 0 Å². The number of benzene rings is 2. The third-order valence-electron chi connectivity index (χ3n) is 3.46. The summed E-state index contributed by atoms with van der Waals surface area (Å²) in [4.78, 5) is 24.3. The molecular formula is C18H14O3S. The highest BCUT2D eigenvalue weighted by molar-refractivity contribution is 7.20. The molecule has 0 fully saturated rings. The Labute approximate surface area is 131 Å². The minimum atomic E-state index is -0.480. The summed E-state index contributed by atoms with van der Waals surface area (Å²) in [5.74, 6) is -0.204. The van der Waals surface area contributed by atoms with Crippen LogP contribution in [0.1, 0.15) is 25.6 Å². The first-order valence-corrected chi connectivity index (χ1v) is 7.74. The van der Waals surface area contributed by atoms with Crippen LogP contribution in [0.2, 0.25) is 0 Å². The van der Waals surface area contributed by atoms with E-state index in [1.165, 1.54) is 11.3 Å². The second-order valence-electron chi connectivity index (χ2n) is 5.03. The molecule has 1 aromatic heterocycles. The van der Waals surface area contributed by atoms with Crippen LogP contribution in [-0.2, 0) is 6.42 Å². The van der Waals surface area contributed by atoms with Crippen LogP contribution in [0.15, 0.2) is 54.6 Å². The van der Waals surface area contributed by atoms with Crippen LogP contribution in [0.3, 0.4) is 0 Å². The van der Waals surface area contributed by atoms with E-state index in [0.29, 0.717) is 16.9 Å². The predicted octanol–water partition coefficient (Wildman–Crippen LogP) is 3.50. The molecular weight excluding hydrogens is 296 g/mol. The Kier molecular flexibility index (Phi) is 4.13. The van der Waals surface area contributed by atoms with Gasteiger partial charge in [-0.2, -0.15) is 0 Å². The van der Waals surface area contributed by atoms with E-state index in [9.17, 15) is 9.59 Å². The standard InChI is InChI=1S/C18H14O3S/c19-11-16(21)18-10-14-8-12(6-7-17(14)22-18)9-15(20)13-4-2-1-3-5-13/h1-8,10,19H,9,11H2. The fourth-order valence-corrected chi connectivity index (χ4v) is 3.30. The smallest absolute Gasteiger partial charge is 0.198 e. The van der Waals surface area contributed by atoms with Crippen molar-refractivity contribution in [1.82, 2.24) is 0 Å². The van der Waals surface area contributed by atoms with Gasteiger partial charge in [0.2, 0.25) is 0 Å². The van der Waals surface area contributed by atoms with Gasteiger partial charge in [0.25, 0.3) is 0 Å². The van der Waals surface area contributed by atoms with Crippen LogP contribution >= 0.6 is 11.3 Å². The lowest BCUT2D eigenvalue weighted by Gasteiger charge is -2.01. The Morgan fingerprint density at radius 3 is 2.45 bits per heavy atom. The summed E-state index contributed by atoms with van der Waals surface area (Å²) < 4.78 is 0.979. The van der Waals surface area contributed by atoms with Crippen molar-refractivity contribution in [2.24, 2.45) is 0 Å². The molecule has 0 spiro atoms. The molecule has 0 saturated heterocycles. The van der Waals surface area contributed by atoms with Gasteiger partial charge in [-0.3, -0.25) is 9.59 Å². The summed E-state index contributed by atoms with van der Waals surface area (Å²) in [6, 6.07) is 16.7. The first-order valence-electron chi connectivity index (χ1n) is 6.92. The second kappa shape index (κ2) is 6.22. The van der Waals surface area contributed by atoms with Crippen LogP contribution in [-0.4, -0.2) is 23.3 Å². The molecule has 2 aromatic carbocycles. The SMILES string of the molecule is O=C(Cc1ccc2sc(C(=O)CO)cc2c1)c1ccccc1. The molecule has 0 saturated carbocycles. The monoisotopic (exact) mass is 310 g/mol. The Balaban J connectivity index is 1.86. The first-order chi connectivity index (χ1) is 10.7. The highest BCUT2D eigenvalue weighted by atomic mass is 32.1. The number of Topliss-reactive ketones (excluding diaryl/α,β-unsaturated/α-hetero) is 2. The summed E-state index contributed by atoms with van der Waals surface area (Å²) >= 11 is 1.36. The molecule has 0 amide bonds. The van der Waals surface area contributed by atoms with E-state index in [2.05, 4.69) is 0 Å². The molecule has 3 aromatic rings. The lowest BCUT2D eigenvalue weighted by atomic mass is 10.0. The van der Waals surface area contributed by atoms with Crippen molar-refractivity contribution in [3.05, 3.63) is 70.6 Å². The summed E-state index contributed by atoms with van der Waals surface area (Å²) in [5.41, 5.74) is 1.62. The van der Waals surface area contributed by atoms with Crippen molar-refractivity contribution in [1.29, 1.82) is 0 Å². The summed E-state index contributed by atoms with van der Waals surface area (Å²) in [7, 11) is 0. The number of ketones is 2. The Bertz CT molecular complexity index is 834. The topological polar surface area (TPSA) is 54.4 Å². The molecule has 0 atom stereocenters. The molecule has 1 heterocycles. The summed E-state index contributed by atoms with van der Waals surface area (Å²) in [5, 5.41) is 9.86. The molecule has 4 heteroatoms. The number of carbonyl (C=O) groups is 2. The maximum absolute atomic E-state index is 12.2.